The third kappa shape index (κ3) is 2.55. The van der Waals surface area contributed by atoms with Gasteiger partial charge in [0.2, 0.25) is 5.91 Å². The van der Waals surface area contributed by atoms with Crippen LogP contribution < -0.4 is 10.6 Å². The highest BCUT2D eigenvalue weighted by atomic mass is 79.9. The smallest absolute Gasteiger partial charge is 0.229 e. The molecule has 4 nitrogen and oxygen atoms in total. The van der Waals surface area contributed by atoms with Crippen LogP contribution in [0.3, 0.4) is 0 Å². The van der Waals surface area contributed by atoms with E-state index in [9.17, 15) is 4.79 Å². The largest absolute Gasteiger partial charge is 0.324 e. The minimum atomic E-state index is 0.0284. The molecule has 104 valence electrons. The van der Waals surface area contributed by atoms with E-state index in [2.05, 4.69) is 38.5 Å². The number of aromatic nitrogens is 1. The van der Waals surface area contributed by atoms with Crippen LogP contribution in [-0.2, 0) is 4.79 Å². The van der Waals surface area contributed by atoms with Gasteiger partial charge in [0.1, 0.15) is 0 Å². The third-order valence-electron chi connectivity index (χ3n) is 3.79. The van der Waals surface area contributed by atoms with Gasteiger partial charge in [0.25, 0.3) is 0 Å². The SMILES string of the molecule is CC1CNCC1C(=O)Nc1cccc2cc(Br)cnc12. The zero-order chi connectivity index (χ0) is 14.1. The Bertz CT molecular complexity index is 659. The Labute approximate surface area is 126 Å². The van der Waals surface area contributed by atoms with Gasteiger partial charge in [-0.05, 0) is 40.5 Å². The Morgan fingerprint density at radius 1 is 1.45 bits per heavy atom. The van der Waals surface area contributed by atoms with Crippen LogP contribution in [0.25, 0.3) is 10.9 Å². The molecule has 5 heteroatoms. The fraction of sp³-hybridized carbons (Fsp3) is 0.333. The predicted octanol–water partition coefficient (Wildman–Crippen LogP) is 2.79. The Balaban J connectivity index is 1.89. The van der Waals surface area contributed by atoms with Gasteiger partial charge >= 0.3 is 0 Å². The van der Waals surface area contributed by atoms with E-state index in [-0.39, 0.29) is 11.8 Å². The van der Waals surface area contributed by atoms with E-state index in [1.54, 1.807) is 6.20 Å². The molecule has 0 bridgehead atoms. The topological polar surface area (TPSA) is 54.0 Å². The van der Waals surface area contributed by atoms with E-state index in [1.165, 1.54) is 0 Å². The summed E-state index contributed by atoms with van der Waals surface area (Å²) < 4.78 is 0.932. The number of amides is 1. The first-order chi connectivity index (χ1) is 9.65. The number of anilines is 1. The number of rotatable bonds is 2. The second-order valence-electron chi connectivity index (χ2n) is 5.26. The second kappa shape index (κ2) is 5.50. The van der Waals surface area contributed by atoms with Crippen molar-refractivity contribution in [2.24, 2.45) is 11.8 Å². The van der Waals surface area contributed by atoms with Crippen molar-refractivity contribution < 1.29 is 4.79 Å². The number of halogens is 1. The molecule has 1 aliphatic rings. The van der Waals surface area contributed by atoms with Crippen molar-refractivity contribution in [3.05, 3.63) is 34.9 Å². The quantitative estimate of drug-likeness (QED) is 0.888. The van der Waals surface area contributed by atoms with E-state index < -0.39 is 0 Å². The molecule has 2 unspecified atom stereocenters. The number of pyridine rings is 1. The van der Waals surface area contributed by atoms with Gasteiger partial charge in [-0.2, -0.15) is 0 Å². The van der Waals surface area contributed by atoms with Crippen molar-refractivity contribution in [3.63, 3.8) is 0 Å². The van der Waals surface area contributed by atoms with Gasteiger partial charge in [0.15, 0.2) is 0 Å². The molecule has 1 saturated heterocycles. The van der Waals surface area contributed by atoms with Crippen molar-refractivity contribution >= 4 is 38.4 Å². The summed E-state index contributed by atoms with van der Waals surface area (Å²) in [5, 5.41) is 7.28. The highest BCUT2D eigenvalue weighted by Crippen LogP contribution is 2.25. The van der Waals surface area contributed by atoms with Crippen LogP contribution in [-0.4, -0.2) is 24.0 Å². The molecule has 1 aliphatic heterocycles. The first kappa shape index (κ1) is 13.5. The predicted molar refractivity (Wildman–Crippen MR) is 83.6 cm³/mol. The zero-order valence-electron chi connectivity index (χ0n) is 11.2. The molecule has 0 radical (unpaired) electrons. The Morgan fingerprint density at radius 3 is 3.05 bits per heavy atom. The Kier molecular flexibility index (Phi) is 3.72. The first-order valence-electron chi connectivity index (χ1n) is 6.71. The van der Waals surface area contributed by atoms with Gasteiger partial charge in [-0.25, -0.2) is 0 Å². The molecule has 20 heavy (non-hydrogen) atoms. The lowest BCUT2D eigenvalue weighted by atomic mass is 9.97. The number of carbonyl (C=O) groups excluding carboxylic acids is 1. The number of fused-ring (bicyclic) bond motifs is 1. The molecule has 0 aliphatic carbocycles. The van der Waals surface area contributed by atoms with E-state index in [0.29, 0.717) is 5.92 Å². The number of nitrogens with one attached hydrogen (secondary N) is 2. The molecule has 2 heterocycles. The fourth-order valence-electron chi connectivity index (χ4n) is 2.62. The highest BCUT2D eigenvalue weighted by molar-refractivity contribution is 9.10. The van der Waals surface area contributed by atoms with Crippen molar-refractivity contribution in [1.82, 2.24) is 10.3 Å². The normalized spacial score (nSPS) is 22.1. The molecular formula is C15H16BrN3O. The van der Waals surface area contributed by atoms with Crippen molar-refractivity contribution in [1.29, 1.82) is 0 Å². The number of nitrogens with zero attached hydrogens (tertiary/aromatic N) is 1. The standard InChI is InChI=1S/C15H16BrN3O/c1-9-6-17-8-12(9)15(20)19-13-4-2-3-10-5-11(16)7-18-14(10)13/h2-5,7,9,12,17H,6,8H2,1H3,(H,19,20). The fourth-order valence-corrected chi connectivity index (χ4v) is 2.97. The van der Waals surface area contributed by atoms with Crippen LogP contribution in [0, 0.1) is 11.8 Å². The average molecular weight is 334 g/mol. The summed E-state index contributed by atoms with van der Waals surface area (Å²) in [4.78, 5) is 16.7. The van der Waals surface area contributed by atoms with Crippen LogP contribution >= 0.6 is 15.9 Å². The molecule has 0 spiro atoms. The van der Waals surface area contributed by atoms with Gasteiger partial charge in [-0.1, -0.05) is 19.1 Å². The Morgan fingerprint density at radius 2 is 2.30 bits per heavy atom. The molecule has 1 amide bonds. The van der Waals surface area contributed by atoms with E-state index in [0.717, 1.165) is 34.2 Å². The maximum Gasteiger partial charge on any atom is 0.229 e. The number of benzene rings is 1. The monoisotopic (exact) mass is 333 g/mol. The minimum absolute atomic E-state index is 0.0284. The third-order valence-corrected chi connectivity index (χ3v) is 4.22. The highest BCUT2D eigenvalue weighted by Gasteiger charge is 2.29. The molecular weight excluding hydrogens is 318 g/mol. The summed E-state index contributed by atoms with van der Waals surface area (Å²) in [6.07, 6.45) is 1.75. The lowest BCUT2D eigenvalue weighted by Crippen LogP contribution is -2.27. The van der Waals surface area contributed by atoms with Gasteiger partial charge in [0.05, 0.1) is 17.1 Å². The lowest BCUT2D eigenvalue weighted by molar-refractivity contribution is -0.120. The number of para-hydroxylation sites is 1. The van der Waals surface area contributed by atoms with Crippen LogP contribution in [0.4, 0.5) is 5.69 Å². The van der Waals surface area contributed by atoms with Crippen molar-refractivity contribution in [3.8, 4) is 0 Å². The molecule has 3 rings (SSSR count). The van der Waals surface area contributed by atoms with Gasteiger partial charge in [-0.3, -0.25) is 9.78 Å². The molecule has 0 saturated carbocycles. The zero-order valence-corrected chi connectivity index (χ0v) is 12.8. The van der Waals surface area contributed by atoms with Crippen LogP contribution in [0.1, 0.15) is 6.92 Å². The minimum Gasteiger partial charge on any atom is -0.324 e. The molecule has 1 fully saturated rings. The van der Waals surface area contributed by atoms with Crippen LogP contribution in [0.15, 0.2) is 34.9 Å². The lowest BCUT2D eigenvalue weighted by Gasteiger charge is -2.15. The van der Waals surface area contributed by atoms with Gasteiger partial charge < -0.3 is 10.6 Å². The van der Waals surface area contributed by atoms with E-state index >= 15 is 0 Å². The average Bonchev–Trinajstić information content (AvgIpc) is 2.85. The summed E-state index contributed by atoms with van der Waals surface area (Å²) in [5.74, 6) is 0.465. The van der Waals surface area contributed by atoms with Gasteiger partial charge in [-0.15, -0.1) is 0 Å². The van der Waals surface area contributed by atoms with Crippen molar-refractivity contribution in [2.45, 2.75) is 6.92 Å². The molecule has 2 aromatic rings. The number of hydrogen-bond acceptors (Lipinski definition) is 3. The maximum absolute atomic E-state index is 12.3. The molecule has 2 N–H and O–H groups in total. The van der Waals surface area contributed by atoms with E-state index in [1.807, 2.05) is 24.3 Å². The summed E-state index contributed by atoms with van der Waals surface area (Å²) in [6.45, 7) is 3.75. The van der Waals surface area contributed by atoms with Crippen LogP contribution in [0.5, 0.6) is 0 Å². The van der Waals surface area contributed by atoms with Gasteiger partial charge in [0, 0.05) is 22.6 Å². The van der Waals surface area contributed by atoms with E-state index in [4.69, 9.17) is 0 Å². The number of carbonyl (C=O) groups is 1. The maximum atomic E-state index is 12.3. The summed E-state index contributed by atoms with van der Waals surface area (Å²) in [6, 6.07) is 7.82. The molecule has 2 atom stereocenters. The first-order valence-corrected chi connectivity index (χ1v) is 7.50. The second-order valence-corrected chi connectivity index (χ2v) is 6.18. The summed E-state index contributed by atoms with van der Waals surface area (Å²) in [7, 11) is 0. The summed E-state index contributed by atoms with van der Waals surface area (Å²) >= 11 is 3.41. The van der Waals surface area contributed by atoms with Crippen molar-refractivity contribution in [2.75, 3.05) is 18.4 Å². The Hall–Kier alpha value is -1.46. The summed E-state index contributed by atoms with van der Waals surface area (Å²) in [5.41, 5.74) is 1.60. The van der Waals surface area contributed by atoms with Crippen LogP contribution in [0.2, 0.25) is 0 Å². The number of hydrogen-bond donors (Lipinski definition) is 2. The molecule has 1 aromatic carbocycles. The molecule has 1 aromatic heterocycles.